The number of rotatable bonds is 2. The average molecular weight is 227 g/mol. The summed E-state index contributed by atoms with van der Waals surface area (Å²) in [5.41, 5.74) is 1.20. The molecule has 2 aromatic rings. The van der Waals surface area contributed by atoms with Gasteiger partial charge in [-0.05, 0) is 17.3 Å². The van der Waals surface area contributed by atoms with Crippen LogP contribution in [0.2, 0.25) is 0 Å². The minimum absolute atomic E-state index is 0.789. The molecule has 0 bridgehead atoms. The van der Waals surface area contributed by atoms with Gasteiger partial charge in [0.05, 0.1) is 0 Å². The highest BCUT2D eigenvalue weighted by Crippen LogP contribution is 2.08. The molecule has 0 aliphatic rings. The van der Waals surface area contributed by atoms with Crippen LogP contribution in [0.1, 0.15) is 5.56 Å². The number of benzene rings is 2. The van der Waals surface area contributed by atoms with Gasteiger partial charge in [0.15, 0.2) is 0 Å². The topological polar surface area (TPSA) is 23.8 Å². The third kappa shape index (κ3) is 5.90. The zero-order chi connectivity index (χ0) is 11.5. The molecular weight excluding hydrogens is 214 g/mol. The van der Waals surface area contributed by atoms with Gasteiger partial charge in [0.25, 0.3) is 0 Å². The number of hydrogen-bond donors (Lipinski definition) is 0. The molecule has 0 saturated heterocycles. The molecule has 0 atom stereocenters. The molecule has 0 spiro atoms. The fourth-order valence-electron chi connectivity index (χ4n) is 1.07. The molecule has 0 heterocycles. The van der Waals surface area contributed by atoms with Gasteiger partial charge < -0.3 is 0 Å². The highest BCUT2D eigenvalue weighted by molar-refractivity contribution is 8.02. The van der Waals surface area contributed by atoms with Gasteiger partial charge in [-0.3, -0.25) is 0 Å². The highest BCUT2D eigenvalue weighted by Gasteiger charge is 1.88. The summed E-state index contributed by atoms with van der Waals surface area (Å²) in [5.74, 6) is 0.789. The van der Waals surface area contributed by atoms with Gasteiger partial charge in [0.1, 0.15) is 5.40 Å². The van der Waals surface area contributed by atoms with E-state index in [0.717, 1.165) is 5.75 Å². The van der Waals surface area contributed by atoms with E-state index in [4.69, 9.17) is 5.26 Å². The first-order valence-electron chi connectivity index (χ1n) is 4.98. The fraction of sp³-hybridized carbons (Fsp3) is 0.0714. The fourth-order valence-corrected chi connectivity index (χ4v) is 1.50. The minimum atomic E-state index is 0.789. The number of thioether (sulfide) groups is 1. The zero-order valence-corrected chi connectivity index (χ0v) is 9.73. The summed E-state index contributed by atoms with van der Waals surface area (Å²) in [5, 5.41) is 10.3. The Morgan fingerprint density at radius 2 is 1.25 bits per heavy atom. The second kappa shape index (κ2) is 8.58. The largest absolute Gasteiger partial charge is 0.185 e. The van der Waals surface area contributed by atoms with Gasteiger partial charge in [-0.2, -0.15) is 5.26 Å². The summed E-state index contributed by atoms with van der Waals surface area (Å²) in [7, 11) is 0. The molecule has 0 aliphatic heterocycles. The Bertz CT molecular complexity index is 379. The van der Waals surface area contributed by atoms with Crippen molar-refractivity contribution in [3.63, 3.8) is 0 Å². The first-order valence-corrected chi connectivity index (χ1v) is 5.97. The first kappa shape index (κ1) is 12.4. The molecule has 0 saturated carbocycles. The van der Waals surface area contributed by atoms with E-state index in [1.54, 1.807) is 0 Å². The molecule has 2 rings (SSSR count). The van der Waals surface area contributed by atoms with Crippen LogP contribution in [-0.4, -0.2) is 0 Å². The van der Waals surface area contributed by atoms with Crippen LogP contribution in [0.5, 0.6) is 0 Å². The van der Waals surface area contributed by atoms with Crippen LogP contribution < -0.4 is 0 Å². The number of hydrogen-bond acceptors (Lipinski definition) is 2. The molecule has 0 aromatic heterocycles. The van der Waals surface area contributed by atoms with Crippen molar-refractivity contribution in [2.75, 3.05) is 0 Å². The van der Waals surface area contributed by atoms with Gasteiger partial charge >= 0.3 is 0 Å². The Balaban J connectivity index is 0.000000181. The molecular formula is C14H13NS. The zero-order valence-electron chi connectivity index (χ0n) is 8.91. The van der Waals surface area contributed by atoms with E-state index in [2.05, 4.69) is 0 Å². The van der Waals surface area contributed by atoms with E-state index >= 15 is 0 Å². The summed E-state index contributed by atoms with van der Waals surface area (Å²) in [6.07, 6.45) is 0. The summed E-state index contributed by atoms with van der Waals surface area (Å²) in [6, 6.07) is 22.0. The predicted molar refractivity (Wildman–Crippen MR) is 69.8 cm³/mol. The second-order valence-electron chi connectivity index (χ2n) is 3.02. The molecule has 0 unspecified atom stereocenters. The van der Waals surface area contributed by atoms with Crippen molar-refractivity contribution in [1.82, 2.24) is 0 Å². The Kier molecular flexibility index (Phi) is 6.62. The molecule has 0 radical (unpaired) electrons. The van der Waals surface area contributed by atoms with Crippen LogP contribution in [0.3, 0.4) is 0 Å². The highest BCUT2D eigenvalue weighted by atomic mass is 32.2. The third-order valence-corrected chi connectivity index (χ3v) is 2.42. The standard InChI is InChI=1S/C8H7NS.C6H6/c9-7-10-6-8-4-2-1-3-5-8;1-2-4-6-5-3-1/h1-5H,6H2;1-6H. The molecule has 2 heteroatoms. The van der Waals surface area contributed by atoms with E-state index in [-0.39, 0.29) is 0 Å². The van der Waals surface area contributed by atoms with Crippen molar-refractivity contribution in [2.24, 2.45) is 0 Å². The Morgan fingerprint density at radius 1 is 0.812 bits per heavy atom. The van der Waals surface area contributed by atoms with Crippen molar-refractivity contribution in [2.45, 2.75) is 5.75 Å². The Labute approximate surface area is 101 Å². The first-order chi connectivity index (χ1) is 7.93. The summed E-state index contributed by atoms with van der Waals surface area (Å²) < 4.78 is 0. The quantitative estimate of drug-likeness (QED) is 0.721. The van der Waals surface area contributed by atoms with E-state index in [1.165, 1.54) is 17.3 Å². The monoisotopic (exact) mass is 227 g/mol. The lowest BCUT2D eigenvalue weighted by Gasteiger charge is -1.92. The molecule has 2 aromatic carbocycles. The van der Waals surface area contributed by atoms with E-state index < -0.39 is 0 Å². The Hall–Kier alpha value is -1.72. The normalized spacial score (nSPS) is 8.44. The van der Waals surface area contributed by atoms with Crippen LogP contribution >= 0.6 is 11.8 Å². The minimum Gasteiger partial charge on any atom is -0.185 e. The SMILES string of the molecule is N#CSCc1ccccc1.c1ccccc1. The van der Waals surface area contributed by atoms with Gasteiger partial charge in [-0.15, -0.1) is 0 Å². The van der Waals surface area contributed by atoms with Crippen LogP contribution in [0.15, 0.2) is 66.7 Å². The van der Waals surface area contributed by atoms with E-state index in [9.17, 15) is 0 Å². The summed E-state index contributed by atoms with van der Waals surface area (Å²) in [4.78, 5) is 0. The van der Waals surface area contributed by atoms with Crippen molar-refractivity contribution in [3.05, 3.63) is 72.3 Å². The molecule has 0 N–H and O–H groups in total. The lowest BCUT2D eigenvalue weighted by molar-refractivity contribution is 1.42. The second-order valence-corrected chi connectivity index (χ2v) is 3.78. The summed E-state index contributed by atoms with van der Waals surface area (Å²) >= 11 is 1.27. The maximum Gasteiger partial charge on any atom is 0.133 e. The van der Waals surface area contributed by atoms with Crippen LogP contribution in [0.4, 0.5) is 0 Å². The van der Waals surface area contributed by atoms with E-state index in [0.29, 0.717) is 0 Å². The average Bonchev–Trinajstić information content (AvgIpc) is 2.40. The lowest BCUT2D eigenvalue weighted by Crippen LogP contribution is -1.74. The Morgan fingerprint density at radius 3 is 1.69 bits per heavy atom. The van der Waals surface area contributed by atoms with Crippen molar-refractivity contribution in [1.29, 1.82) is 5.26 Å². The van der Waals surface area contributed by atoms with Crippen molar-refractivity contribution in [3.8, 4) is 5.40 Å². The van der Waals surface area contributed by atoms with Gasteiger partial charge in [-0.25, -0.2) is 0 Å². The lowest BCUT2D eigenvalue weighted by atomic mass is 10.2. The maximum atomic E-state index is 8.24. The molecule has 0 fully saturated rings. The van der Waals surface area contributed by atoms with Gasteiger partial charge in [0, 0.05) is 5.75 Å². The number of nitriles is 1. The number of thiocyanates is 1. The smallest absolute Gasteiger partial charge is 0.133 e. The van der Waals surface area contributed by atoms with Crippen LogP contribution in [0.25, 0.3) is 0 Å². The summed E-state index contributed by atoms with van der Waals surface area (Å²) in [6.45, 7) is 0. The molecule has 0 aliphatic carbocycles. The maximum absolute atomic E-state index is 8.24. The van der Waals surface area contributed by atoms with E-state index in [1.807, 2.05) is 72.1 Å². The van der Waals surface area contributed by atoms with Crippen molar-refractivity contribution < 1.29 is 0 Å². The number of nitrogens with zero attached hydrogens (tertiary/aromatic N) is 1. The van der Waals surface area contributed by atoms with Crippen LogP contribution in [0, 0.1) is 10.7 Å². The molecule has 1 nitrogen and oxygen atoms in total. The van der Waals surface area contributed by atoms with Crippen molar-refractivity contribution >= 4 is 11.8 Å². The third-order valence-electron chi connectivity index (χ3n) is 1.81. The molecule has 0 amide bonds. The predicted octanol–water partition coefficient (Wildman–Crippen LogP) is 4.09. The molecule has 16 heavy (non-hydrogen) atoms. The van der Waals surface area contributed by atoms with Gasteiger partial charge in [0.2, 0.25) is 0 Å². The van der Waals surface area contributed by atoms with Gasteiger partial charge in [-0.1, -0.05) is 66.7 Å². The van der Waals surface area contributed by atoms with Crippen LogP contribution in [-0.2, 0) is 5.75 Å². The molecule has 80 valence electrons.